The lowest BCUT2D eigenvalue weighted by molar-refractivity contribution is -0.274. The number of nitrogens with one attached hydrogen (secondary N) is 1. The molecule has 0 saturated heterocycles. The Hall–Kier alpha value is -4.13. The Bertz CT molecular complexity index is 1490. The first-order valence-corrected chi connectivity index (χ1v) is 11.9. The smallest absolute Gasteiger partial charge is 0.439 e. The van der Waals surface area contributed by atoms with Crippen LogP contribution >= 0.6 is 0 Å². The number of alkyl halides is 3. The predicted octanol–water partition coefficient (Wildman–Crippen LogP) is 5.08. The molecule has 0 spiro atoms. The molecule has 2 aromatic heterocycles. The zero-order valence-corrected chi connectivity index (χ0v) is 20.1. The molecule has 0 saturated carbocycles. The quantitative estimate of drug-likeness (QED) is 0.363. The van der Waals surface area contributed by atoms with Crippen molar-refractivity contribution in [1.29, 1.82) is 0 Å². The number of aromatic nitrogens is 4. The van der Waals surface area contributed by atoms with E-state index in [0.29, 0.717) is 17.4 Å². The Labute approximate surface area is 204 Å². The first kappa shape index (κ1) is 25.0. The number of hydrogen-bond acceptors (Lipinski definition) is 7. The summed E-state index contributed by atoms with van der Waals surface area (Å²) in [5.74, 6) is 1.24. The summed E-state index contributed by atoms with van der Waals surface area (Å²) >= 11 is 0. The molecule has 13 heteroatoms. The molecule has 0 radical (unpaired) electrons. The molecule has 1 N–H and O–H groups in total. The standard InChI is InChI=1S/C23H20F3N5O4S/c1-14-15(2)31(13-27-14)21-12-22(29-16(3)28-21)34-18-6-4-17(5-7-18)30-36(32,33)20-10-8-19(9-11-20)35-23(24,25)26/h4-13,30H,1-3H3. The van der Waals surface area contributed by atoms with E-state index in [9.17, 15) is 21.6 Å². The van der Waals surface area contributed by atoms with Crippen molar-refractivity contribution in [1.82, 2.24) is 19.5 Å². The summed E-state index contributed by atoms with van der Waals surface area (Å²) in [5.41, 5.74) is 2.03. The predicted molar refractivity (Wildman–Crippen MR) is 124 cm³/mol. The molecule has 0 aliphatic rings. The number of anilines is 1. The van der Waals surface area contributed by atoms with Crippen LogP contribution in [0.5, 0.6) is 17.4 Å². The molecule has 0 fully saturated rings. The van der Waals surface area contributed by atoms with Gasteiger partial charge in [-0.25, -0.2) is 18.4 Å². The van der Waals surface area contributed by atoms with Crippen LogP contribution in [0.15, 0.2) is 65.8 Å². The van der Waals surface area contributed by atoms with Gasteiger partial charge in [-0.1, -0.05) is 0 Å². The third kappa shape index (κ3) is 5.92. The van der Waals surface area contributed by atoms with Crippen LogP contribution < -0.4 is 14.2 Å². The number of ether oxygens (including phenoxy) is 2. The van der Waals surface area contributed by atoms with E-state index in [2.05, 4.69) is 24.4 Å². The van der Waals surface area contributed by atoms with Crippen LogP contribution in [-0.4, -0.2) is 34.3 Å². The van der Waals surface area contributed by atoms with Gasteiger partial charge >= 0.3 is 6.36 Å². The lowest BCUT2D eigenvalue weighted by Crippen LogP contribution is -2.17. The molecule has 0 aliphatic heterocycles. The molecule has 0 bridgehead atoms. The van der Waals surface area contributed by atoms with Gasteiger partial charge in [0.15, 0.2) is 0 Å². The van der Waals surface area contributed by atoms with Crippen LogP contribution in [-0.2, 0) is 10.0 Å². The highest BCUT2D eigenvalue weighted by molar-refractivity contribution is 7.92. The summed E-state index contributed by atoms with van der Waals surface area (Å²) < 4.78 is 75.8. The monoisotopic (exact) mass is 519 g/mol. The lowest BCUT2D eigenvalue weighted by Gasteiger charge is -2.12. The highest BCUT2D eigenvalue weighted by atomic mass is 32.2. The summed E-state index contributed by atoms with van der Waals surface area (Å²) in [6.07, 6.45) is -3.21. The van der Waals surface area contributed by atoms with Gasteiger partial charge in [0.1, 0.15) is 29.5 Å². The van der Waals surface area contributed by atoms with Gasteiger partial charge < -0.3 is 9.47 Å². The zero-order chi connectivity index (χ0) is 26.1. The highest BCUT2D eigenvalue weighted by Gasteiger charge is 2.31. The second kappa shape index (κ2) is 9.49. The van der Waals surface area contributed by atoms with Crippen molar-refractivity contribution in [3.8, 4) is 23.2 Å². The first-order valence-electron chi connectivity index (χ1n) is 10.4. The minimum absolute atomic E-state index is 0.224. The van der Waals surface area contributed by atoms with Gasteiger partial charge in [-0.2, -0.15) is 4.98 Å². The van der Waals surface area contributed by atoms with Crippen molar-refractivity contribution in [2.45, 2.75) is 32.0 Å². The van der Waals surface area contributed by atoms with Gasteiger partial charge in [-0.15, -0.1) is 13.2 Å². The van der Waals surface area contributed by atoms with Crippen molar-refractivity contribution >= 4 is 15.7 Å². The zero-order valence-electron chi connectivity index (χ0n) is 19.2. The number of sulfonamides is 1. The molecule has 4 rings (SSSR count). The third-order valence-corrected chi connectivity index (χ3v) is 6.39. The number of imidazole rings is 1. The van der Waals surface area contributed by atoms with E-state index in [1.165, 1.54) is 12.1 Å². The lowest BCUT2D eigenvalue weighted by atomic mass is 10.3. The molecule has 9 nitrogen and oxygen atoms in total. The van der Waals surface area contributed by atoms with Crippen LogP contribution in [0.4, 0.5) is 18.9 Å². The number of nitrogens with zero attached hydrogens (tertiary/aromatic N) is 4. The number of hydrogen-bond donors (Lipinski definition) is 1. The van der Waals surface area contributed by atoms with E-state index in [4.69, 9.17) is 4.74 Å². The molecule has 36 heavy (non-hydrogen) atoms. The summed E-state index contributed by atoms with van der Waals surface area (Å²) in [6, 6.07) is 11.6. The van der Waals surface area contributed by atoms with E-state index in [-0.39, 0.29) is 16.5 Å². The maximum atomic E-state index is 12.6. The molecule has 188 valence electrons. The number of halogens is 3. The van der Waals surface area contributed by atoms with Crippen molar-refractivity contribution in [2.75, 3.05) is 4.72 Å². The fourth-order valence-corrected chi connectivity index (χ4v) is 4.24. The van der Waals surface area contributed by atoms with Gasteiger partial charge in [-0.05, 0) is 69.3 Å². The molecular formula is C23H20F3N5O4S. The van der Waals surface area contributed by atoms with Crippen LogP contribution in [0.3, 0.4) is 0 Å². The van der Waals surface area contributed by atoms with Gasteiger partial charge in [0.25, 0.3) is 10.0 Å². The van der Waals surface area contributed by atoms with E-state index in [0.717, 1.165) is 35.7 Å². The van der Waals surface area contributed by atoms with E-state index in [1.807, 2.05) is 18.4 Å². The fourth-order valence-electron chi connectivity index (χ4n) is 3.18. The van der Waals surface area contributed by atoms with E-state index in [1.54, 1.807) is 31.5 Å². The normalized spacial score (nSPS) is 11.8. The molecule has 0 unspecified atom stereocenters. The highest BCUT2D eigenvalue weighted by Crippen LogP contribution is 2.27. The van der Waals surface area contributed by atoms with Crippen LogP contribution in [0.2, 0.25) is 0 Å². The minimum Gasteiger partial charge on any atom is -0.439 e. The molecule has 0 amide bonds. The van der Waals surface area contributed by atoms with Crippen molar-refractivity contribution < 1.29 is 31.1 Å². The molecule has 0 aliphatic carbocycles. The number of benzene rings is 2. The van der Waals surface area contributed by atoms with Crippen molar-refractivity contribution in [2.24, 2.45) is 0 Å². The van der Waals surface area contributed by atoms with Gasteiger partial charge in [0.05, 0.1) is 10.6 Å². The minimum atomic E-state index is -4.87. The maximum absolute atomic E-state index is 12.6. The topological polar surface area (TPSA) is 108 Å². The fraction of sp³-hybridized carbons (Fsp3) is 0.174. The molecule has 4 aromatic rings. The second-order valence-corrected chi connectivity index (χ2v) is 9.33. The van der Waals surface area contributed by atoms with Crippen molar-refractivity contribution in [3.63, 3.8) is 0 Å². The Morgan fingerprint density at radius 2 is 1.56 bits per heavy atom. The van der Waals surface area contributed by atoms with E-state index >= 15 is 0 Å². The van der Waals surface area contributed by atoms with Crippen LogP contribution in [0, 0.1) is 20.8 Å². The summed E-state index contributed by atoms with van der Waals surface area (Å²) in [7, 11) is -4.05. The van der Waals surface area contributed by atoms with Crippen molar-refractivity contribution in [3.05, 3.63) is 78.1 Å². The Morgan fingerprint density at radius 1 is 0.917 bits per heavy atom. The number of aryl methyl sites for hydroxylation is 2. The third-order valence-electron chi connectivity index (χ3n) is 5.00. The SMILES string of the molecule is Cc1nc(Oc2ccc(NS(=O)(=O)c3ccc(OC(F)(F)F)cc3)cc2)cc(-n2cnc(C)c2C)n1. The second-order valence-electron chi connectivity index (χ2n) is 7.65. The summed E-state index contributed by atoms with van der Waals surface area (Å²) in [4.78, 5) is 12.7. The maximum Gasteiger partial charge on any atom is 0.573 e. The number of rotatable bonds is 7. The van der Waals surface area contributed by atoms with Gasteiger partial charge in [0, 0.05) is 17.4 Å². The Kier molecular flexibility index (Phi) is 6.59. The molecule has 0 atom stereocenters. The average Bonchev–Trinajstić information content (AvgIpc) is 3.12. The summed E-state index contributed by atoms with van der Waals surface area (Å²) in [5, 5.41) is 0. The van der Waals surface area contributed by atoms with Gasteiger partial charge in [-0.3, -0.25) is 9.29 Å². The van der Waals surface area contributed by atoms with Crippen LogP contribution in [0.1, 0.15) is 17.2 Å². The summed E-state index contributed by atoms with van der Waals surface area (Å²) in [6.45, 7) is 5.55. The molecule has 2 heterocycles. The largest absolute Gasteiger partial charge is 0.573 e. The molecular weight excluding hydrogens is 499 g/mol. The van der Waals surface area contributed by atoms with Crippen LogP contribution in [0.25, 0.3) is 5.82 Å². The Balaban J connectivity index is 1.46. The Morgan fingerprint density at radius 3 is 2.14 bits per heavy atom. The first-order chi connectivity index (χ1) is 16.9. The average molecular weight is 520 g/mol. The molecule has 2 aromatic carbocycles. The van der Waals surface area contributed by atoms with E-state index < -0.39 is 22.1 Å². The van der Waals surface area contributed by atoms with Gasteiger partial charge in [0.2, 0.25) is 5.88 Å².